The lowest BCUT2D eigenvalue weighted by molar-refractivity contribution is 0.241. The quantitative estimate of drug-likeness (QED) is 0.647. The Kier molecular flexibility index (Phi) is 5.66. The topological polar surface area (TPSA) is 15.6 Å². The minimum absolute atomic E-state index is 0.245. The van der Waals surface area contributed by atoms with E-state index < -0.39 is 6.17 Å². The van der Waals surface area contributed by atoms with Crippen LogP contribution in [0.15, 0.2) is 17.4 Å². The van der Waals surface area contributed by atoms with Gasteiger partial charge in [0.25, 0.3) is 0 Å². The van der Waals surface area contributed by atoms with Gasteiger partial charge in [-0.15, -0.1) is 0 Å². The Hall–Kier alpha value is -0.860. The molecule has 0 amide bonds. The first kappa shape index (κ1) is 14.2. The van der Waals surface area contributed by atoms with Crippen LogP contribution in [0.25, 0.3) is 0 Å². The molecule has 1 rings (SSSR count). The molecule has 3 atom stereocenters. The first-order valence-electron chi connectivity index (χ1n) is 6.53. The number of hydrogen-bond donors (Lipinski definition) is 0. The van der Waals surface area contributed by atoms with Crippen molar-refractivity contribution in [1.29, 1.82) is 0 Å². The molecule has 1 fully saturated rings. The van der Waals surface area contributed by atoms with Gasteiger partial charge >= 0.3 is 0 Å². The predicted molar refractivity (Wildman–Crippen MR) is 71.9 cm³/mol. The van der Waals surface area contributed by atoms with E-state index in [1.807, 2.05) is 13.2 Å². The van der Waals surface area contributed by atoms with E-state index in [4.69, 9.17) is 0 Å². The summed E-state index contributed by atoms with van der Waals surface area (Å²) in [6, 6.07) is 0.320. The Morgan fingerprint density at radius 3 is 2.76 bits per heavy atom. The second-order valence-corrected chi connectivity index (χ2v) is 5.52. The van der Waals surface area contributed by atoms with Gasteiger partial charge in [0.15, 0.2) is 0 Å². The van der Waals surface area contributed by atoms with Crippen LogP contribution in [0, 0.1) is 11.8 Å². The molecule has 0 radical (unpaired) electrons. The fourth-order valence-electron chi connectivity index (χ4n) is 2.50. The molecule has 0 saturated heterocycles. The Morgan fingerprint density at radius 1 is 1.47 bits per heavy atom. The Bertz CT molecular complexity index is 263. The van der Waals surface area contributed by atoms with E-state index in [1.165, 1.54) is 0 Å². The van der Waals surface area contributed by atoms with E-state index in [2.05, 4.69) is 30.5 Å². The van der Waals surface area contributed by atoms with Crippen molar-refractivity contribution in [2.75, 3.05) is 7.05 Å². The normalized spacial score (nSPS) is 29.1. The van der Waals surface area contributed by atoms with Gasteiger partial charge in [0.2, 0.25) is 0 Å². The summed E-state index contributed by atoms with van der Waals surface area (Å²) in [5.74, 6) is 0.916. The summed E-state index contributed by atoms with van der Waals surface area (Å²) in [5.41, 5.74) is 0. The lowest BCUT2D eigenvalue weighted by Gasteiger charge is -2.22. The third kappa shape index (κ3) is 4.49. The van der Waals surface area contributed by atoms with Gasteiger partial charge < -0.3 is 4.90 Å². The number of nitrogens with zero attached hydrogens (tertiary/aromatic N) is 2. The molecule has 0 heterocycles. The van der Waals surface area contributed by atoms with Crippen molar-refractivity contribution in [3.05, 3.63) is 12.4 Å². The fourth-order valence-corrected chi connectivity index (χ4v) is 2.50. The van der Waals surface area contributed by atoms with E-state index >= 15 is 0 Å². The zero-order valence-electron chi connectivity index (χ0n) is 11.3. The molecule has 0 aromatic carbocycles. The van der Waals surface area contributed by atoms with E-state index in [-0.39, 0.29) is 5.92 Å². The maximum absolute atomic E-state index is 13.9. The Balaban J connectivity index is 2.42. The SMILES string of the molecule is C=N/C=C\N(C)C1CC(F)C(CCC(C)C)C1. The van der Waals surface area contributed by atoms with E-state index in [0.717, 1.165) is 19.3 Å². The number of alkyl halides is 1. The zero-order chi connectivity index (χ0) is 12.8. The molecule has 0 aromatic rings. The molecule has 1 aliphatic rings. The first-order chi connectivity index (χ1) is 8.04. The van der Waals surface area contributed by atoms with Crippen LogP contribution in [0.3, 0.4) is 0 Å². The van der Waals surface area contributed by atoms with Crippen LogP contribution >= 0.6 is 0 Å². The van der Waals surface area contributed by atoms with E-state index in [0.29, 0.717) is 18.4 Å². The summed E-state index contributed by atoms with van der Waals surface area (Å²) in [6.07, 6.45) is 6.68. The van der Waals surface area contributed by atoms with Crippen molar-refractivity contribution in [2.24, 2.45) is 16.8 Å². The van der Waals surface area contributed by atoms with Crippen molar-refractivity contribution in [3.63, 3.8) is 0 Å². The molecule has 0 aliphatic heterocycles. The average Bonchev–Trinajstić information content (AvgIpc) is 2.65. The molecule has 98 valence electrons. The Labute approximate surface area is 105 Å². The first-order valence-corrected chi connectivity index (χ1v) is 6.53. The third-order valence-electron chi connectivity index (χ3n) is 3.68. The van der Waals surface area contributed by atoms with Crippen LogP contribution < -0.4 is 0 Å². The monoisotopic (exact) mass is 240 g/mol. The molecule has 17 heavy (non-hydrogen) atoms. The maximum Gasteiger partial charge on any atom is 0.105 e. The molecular formula is C14H25FN2. The number of rotatable bonds is 6. The molecular weight excluding hydrogens is 215 g/mol. The molecule has 0 N–H and O–H groups in total. The van der Waals surface area contributed by atoms with Gasteiger partial charge in [-0.05, 0) is 37.8 Å². The number of aliphatic imine (C=N–C) groups is 1. The van der Waals surface area contributed by atoms with Crippen molar-refractivity contribution in [2.45, 2.75) is 51.7 Å². The highest BCUT2D eigenvalue weighted by Gasteiger charge is 2.35. The van der Waals surface area contributed by atoms with E-state index in [9.17, 15) is 4.39 Å². The van der Waals surface area contributed by atoms with Crippen LogP contribution in [-0.2, 0) is 0 Å². The number of hydrogen-bond acceptors (Lipinski definition) is 2. The molecule has 1 aliphatic carbocycles. The lowest BCUT2D eigenvalue weighted by atomic mass is 9.95. The minimum Gasteiger partial charge on any atom is -0.376 e. The molecule has 0 bridgehead atoms. The second kappa shape index (κ2) is 6.77. The average molecular weight is 240 g/mol. The van der Waals surface area contributed by atoms with Gasteiger partial charge in [-0.3, -0.25) is 4.99 Å². The second-order valence-electron chi connectivity index (χ2n) is 5.52. The highest BCUT2D eigenvalue weighted by molar-refractivity contribution is 5.25. The molecule has 0 aromatic heterocycles. The highest BCUT2D eigenvalue weighted by atomic mass is 19.1. The van der Waals surface area contributed by atoms with Gasteiger partial charge in [0.05, 0.1) is 0 Å². The van der Waals surface area contributed by atoms with Gasteiger partial charge in [-0.25, -0.2) is 4.39 Å². The van der Waals surface area contributed by atoms with E-state index in [1.54, 1.807) is 6.20 Å². The zero-order valence-corrected chi connectivity index (χ0v) is 11.3. The predicted octanol–water partition coefficient (Wildman–Crippen LogP) is 3.64. The summed E-state index contributed by atoms with van der Waals surface area (Å²) in [5, 5.41) is 0. The van der Waals surface area contributed by atoms with Gasteiger partial charge in [0.1, 0.15) is 6.17 Å². The summed E-state index contributed by atoms with van der Waals surface area (Å²) < 4.78 is 13.9. The van der Waals surface area contributed by atoms with Gasteiger partial charge in [0, 0.05) is 25.5 Å². The fraction of sp³-hybridized carbons (Fsp3) is 0.786. The largest absolute Gasteiger partial charge is 0.376 e. The molecule has 2 nitrogen and oxygen atoms in total. The molecule has 0 spiro atoms. The van der Waals surface area contributed by atoms with Crippen LogP contribution in [0.4, 0.5) is 4.39 Å². The Morgan fingerprint density at radius 2 is 2.18 bits per heavy atom. The summed E-state index contributed by atoms with van der Waals surface area (Å²) in [4.78, 5) is 5.74. The summed E-state index contributed by atoms with van der Waals surface area (Å²) in [6.45, 7) is 7.80. The summed E-state index contributed by atoms with van der Waals surface area (Å²) >= 11 is 0. The van der Waals surface area contributed by atoms with Crippen molar-refractivity contribution >= 4 is 6.72 Å². The van der Waals surface area contributed by atoms with Gasteiger partial charge in [-0.1, -0.05) is 20.3 Å². The van der Waals surface area contributed by atoms with Crippen molar-refractivity contribution < 1.29 is 4.39 Å². The van der Waals surface area contributed by atoms with Crippen molar-refractivity contribution in [1.82, 2.24) is 4.90 Å². The van der Waals surface area contributed by atoms with Crippen LogP contribution in [0.5, 0.6) is 0 Å². The highest BCUT2D eigenvalue weighted by Crippen LogP contribution is 2.35. The minimum atomic E-state index is -0.633. The lowest BCUT2D eigenvalue weighted by Crippen LogP contribution is -2.24. The molecule has 3 unspecified atom stereocenters. The maximum atomic E-state index is 13.9. The van der Waals surface area contributed by atoms with Crippen molar-refractivity contribution in [3.8, 4) is 0 Å². The third-order valence-corrected chi connectivity index (χ3v) is 3.68. The van der Waals surface area contributed by atoms with Gasteiger partial charge in [-0.2, -0.15) is 0 Å². The van der Waals surface area contributed by atoms with Crippen LogP contribution in [-0.4, -0.2) is 30.9 Å². The molecule has 1 saturated carbocycles. The van der Waals surface area contributed by atoms with Crippen LogP contribution in [0.2, 0.25) is 0 Å². The number of halogens is 1. The standard InChI is InChI=1S/C14H25FN2/c1-11(2)5-6-12-9-13(10-14(12)15)17(4)8-7-16-3/h7-8,11-14H,3,5-6,9-10H2,1-2,4H3/b8-7-. The summed E-state index contributed by atoms with van der Waals surface area (Å²) in [7, 11) is 1.99. The van der Waals surface area contributed by atoms with Crippen LogP contribution in [0.1, 0.15) is 39.5 Å². The molecule has 3 heteroatoms. The smallest absolute Gasteiger partial charge is 0.105 e.